The molecule has 8 heteroatoms. The highest BCUT2D eigenvalue weighted by Crippen LogP contribution is 2.26. The van der Waals surface area contributed by atoms with Crippen LogP contribution in [0, 0.1) is 11.6 Å². The van der Waals surface area contributed by atoms with Gasteiger partial charge in [0.2, 0.25) is 0 Å². The van der Waals surface area contributed by atoms with Crippen LogP contribution in [0.5, 0.6) is 0 Å². The molecule has 144 valence electrons. The molecular weight excluding hydrogens is 388 g/mol. The topological polar surface area (TPSA) is 64.1 Å². The number of halogens is 3. The van der Waals surface area contributed by atoms with Crippen molar-refractivity contribution in [1.82, 2.24) is 9.97 Å². The average molecular weight is 404 g/mol. The molecule has 0 aliphatic heterocycles. The van der Waals surface area contributed by atoms with Gasteiger partial charge in [-0.25, -0.2) is 18.7 Å². The number of aromatic nitrogens is 2. The molecule has 2 aromatic carbocycles. The minimum Gasteiger partial charge on any atom is -0.465 e. The fraction of sp³-hybridized carbons (Fsp3) is 0.150. The van der Waals surface area contributed by atoms with Crippen molar-refractivity contribution in [2.45, 2.75) is 6.92 Å². The zero-order valence-electron chi connectivity index (χ0n) is 14.9. The lowest BCUT2D eigenvalue weighted by molar-refractivity contribution is -0.140. The first-order valence-electron chi connectivity index (χ1n) is 8.46. The van der Waals surface area contributed by atoms with E-state index in [1.165, 1.54) is 24.3 Å². The van der Waals surface area contributed by atoms with Gasteiger partial charge in [-0.3, -0.25) is 4.79 Å². The van der Waals surface area contributed by atoms with Crippen molar-refractivity contribution >= 4 is 23.4 Å². The number of hydrogen-bond donors (Lipinski definition) is 1. The summed E-state index contributed by atoms with van der Waals surface area (Å²) in [4.78, 5) is 20.4. The predicted molar refractivity (Wildman–Crippen MR) is 103 cm³/mol. The molecule has 1 aromatic heterocycles. The van der Waals surface area contributed by atoms with Crippen LogP contribution in [0.2, 0.25) is 5.02 Å². The number of carbonyl (C=O) groups excluding carboxylic acids is 1. The molecule has 0 saturated heterocycles. The summed E-state index contributed by atoms with van der Waals surface area (Å²) in [5, 5.41) is 2.85. The minimum absolute atomic E-state index is 0.0147. The van der Waals surface area contributed by atoms with Crippen LogP contribution in [0.3, 0.4) is 0 Å². The summed E-state index contributed by atoms with van der Waals surface area (Å²) >= 11 is 5.74. The van der Waals surface area contributed by atoms with E-state index >= 15 is 0 Å². The van der Waals surface area contributed by atoms with Crippen LogP contribution in [0.4, 0.5) is 14.6 Å². The molecular formula is C20H16ClF2N3O2. The van der Waals surface area contributed by atoms with Crippen LogP contribution in [0.1, 0.15) is 6.92 Å². The third kappa shape index (κ3) is 4.80. The van der Waals surface area contributed by atoms with E-state index in [4.69, 9.17) is 16.3 Å². The normalized spacial score (nSPS) is 10.6. The summed E-state index contributed by atoms with van der Waals surface area (Å²) in [6.07, 6.45) is 0. The van der Waals surface area contributed by atoms with Crippen molar-refractivity contribution in [2.75, 3.05) is 18.5 Å². The number of benzene rings is 2. The Balaban J connectivity index is 2.01. The maximum atomic E-state index is 13.9. The van der Waals surface area contributed by atoms with Crippen LogP contribution in [0.25, 0.3) is 22.6 Å². The first-order chi connectivity index (χ1) is 13.5. The highest BCUT2D eigenvalue weighted by atomic mass is 35.5. The molecule has 5 nitrogen and oxygen atoms in total. The maximum Gasteiger partial charge on any atom is 0.325 e. The van der Waals surface area contributed by atoms with Crippen LogP contribution < -0.4 is 5.32 Å². The lowest BCUT2D eigenvalue weighted by Gasteiger charge is -2.11. The van der Waals surface area contributed by atoms with E-state index in [1.807, 2.05) is 0 Å². The molecule has 0 aliphatic carbocycles. The van der Waals surface area contributed by atoms with Crippen molar-refractivity contribution in [2.24, 2.45) is 0 Å². The molecule has 0 saturated carbocycles. The Labute approximate surface area is 165 Å². The fourth-order valence-electron chi connectivity index (χ4n) is 2.45. The number of ether oxygens (including phenoxy) is 1. The molecule has 3 aromatic rings. The summed E-state index contributed by atoms with van der Waals surface area (Å²) in [6.45, 7) is 1.88. The molecule has 0 aliphatic rings. The molecule has 0 atom stereocenters. The number of nitrogens with zero attached hydrogens (tertiary/aromatic N) is 2. The summed E-state index contributed by atoms with van der Waals surface area (Å²) in [7, 11) is 0. The lowest BCUT2D eigenvalue weighted by atomic mass is 10.1. The quantitative estimate of drug-likeness (QED) is 0.603. The van der Waals surface area contributed by atoms with Crippen molar-refractivity contribution in [3.63, 3.8) is 0 Å². The summed E-state index contributed by atoms with van der Waals surface area (Å²) in [5.41, 5.74) is 1.52. The largest absolute Gasteiger partial charge is 0.465 e. The number of rotatable bonds is 6. The molecule has 0 fully saturated rings. The molecule has 1 N–H and O–H groups in total. The Morgan fingerprint density at radius 3 is 2.46 bits per heavy atom. The third-order valence-electron chi connectivity index (χ3n) is 3.76. The van der Waals surface area contributed by atoms with Gasteiger partial charge in [0.15, 0.2) is 5.82 Å². The predicted octanol–water partition coefficient (Wildman–Crippen LogP) is 4.72. The monoisotopic (exact) mass is 403 g/mol. The van der Waals surface area contributed by atoms with Gasteiger partial charge in [-0.1, -0.05) is 11.6 Å². The van der Waals surface area contributed by atoms with Gasteiger partial charge in [0, 0.05) is 17.2 Å². The highest BCUT2D eigenvalue weighted by molar-refractivity contribution is 6.30. The summed E-state index contributed by atoms with van der Waals surface area (Å²) in [5.74, 6) is -0.852. The van der Waals surface area contributed by atoms with Gasteiger partial charge >= 0.3 is 5.97 Å². The van der Waals surface area contributed by atoms with E-state index in [0.29, 0.717) is 22.6 Å². The minimum atomic E-state index is -0.601. The standard InChI is InChI=1S/C20H16ClF2N3O2/c1-2-28-19(27)11-24-18-10-17(12-3-6-14(22)7-4-12)25-20(26-18)13-5-8-15(21)16(23)9-13/h3-10H,2,11H2,1H3,(H,24,25,26). The van der Waals surface area contributed by atoms with Crippen LogP contribution in [-0.2, 0) is 9.53 Å². The second-order valence-corrected chi connectivity index (χ2v) is 6.16. The van der Waals surface area contributed by atoms with Crippen LogP contribution >= 0.6 is 11.6 Å². The second-order valence-electron chi connectivity index (χ2n) is 5.76. The number of nitrogens with one attached hydrogen (secondary N) is 1. The molecule has 0 amide bonds. The molecule has 0 radical (unpaired) electrons. The van der Waals surface area contributed by atoms with Gasteiger partial charge in [-0.05, 0) is 49.4 Å². The zero-order chi connectivity index (χ0) is 20.1. The van der Waals surface area contributed by atoms with Crippen molar-refractivity contribution in [1.29, 1.82) is 0 Å². The van der Waals surface area contributed by atoms with E-state index < -0.39 is 11.8 Å². The smallest absolute Gasteiger partial charge is 0.325 e. The fourth-order valence-corrected chi connectivity index (χ4v) is 2.56. The lowest BCUT2D eigenvalue weighted by Crippen LogP contribution is -2.17. The molecule has 0 bridgehead atoms. The van der Waals surface area contributed by atoms with Gasteiger partial charge in [-0.2, -0.15) is 0 Å². The van der Waals surface area contributed by atoms with Crippen molar-refractivity contribution < 1.29 is 18.3 Å². The van der Waals surface area contributed by atoms with E-state index in [1.54, 1.807) is 31.2 Å². The Bertz CT molecular complexity index is 997. The number of anilines is 1. The summed E-state index contributed by atoms with van der Waals surface area (Å²) < 4.78 is 32.0. The highest BCUT2D eigenvalue weighted by Gasteiger charge is 2.12. The first-order valence-corrected chi connectivity index (χ1v) is 8.84. The number of carbonyl (C=O) groups is 1. The van der Waals surface area contributed by atoms with Crippen LogP contribution in [0.15, 0.2) is 48.5 Å². The van der Waals surface area contributed by atoms with E-state index in [9.17, 15) is 13.6 Å². The molecule has 0 unspecified atom stereocenters. The van der Waals surface area contributed by atoms with Gasteiger partial charge in [0.05, 0.1) is 17.3 Å². The van der Waals surface area contributed by atoms with E-state index in [-0.39, 0.29) is 29.8 Å². The van der Waals surface area contributed by atoms with Gasteiger partial charge in [0.25, 0.3) is 0 Å². The number of esters is 1. The Morgan fingerprint density at radius 2 is 1.79 bits per heavy atom. The van der Waals surface area contributed by atoms with Crippen molar-refractivity contribution in [3.8, 4) is 22.6 Å². The zero-order valence-corrected chi connectivity index (χ0v) is 15.6. The molecule has 28 heavy (non-hydrogen) atoms. The Morgan fingerprint density at radius 1 is 1.07 bits per heavy atom. The summed E-state index contributed by atoms with van der Waals surface area (Å²) in [6, 6.07) is 11.6. The van der Waals surface area contributed by atoms with Gasteiger partial charge in [0.1, 0.15) is 24.0 Å². The van der Waals surface area contributed by atoms with E-state index in [2.05, 4.69) is 15.3 Å². The Hall–Kier alpha value is -3.06. The number of hydrogen-bond acceptors (Lipinski definition) is 5. The van der Waals surface area contributed by atoms with Crippen molar-refractivity contribution in [3.05, 3.63) is 65.2 Å². The van der Waals surface area contributed by atoms with Gasteiger partial charge in [-0.15, -0.1) is 0 Å². The molecule has 0 spiro atoms. The second kappa shape index (κ2) is 8.75. The van der Waals surface area contributed by atoms with Gasteiger partial charge < -0.3 is 10.1 Å². The SMILES string of the molecule is CCOC(=O)CNc1cc(-c2ccc(F)cc2)nc(-c2ccc(Cl)c(F)c2)n1. The molecule has 1 heterocycles. The average Bonchev–Trinajstić information content (AvgIpc) is 2.69. The molecule has 3 rings (SSSR count). The van der Waals surface area contributed by atoms with Crippen LogP contribution in [-0.4, -0.2) is 29.1 Å². The maximum absolute atomic E-state index is 13.9. The third-order valence-corrected chi connectivity index (χ3v) is 4.07. The first kappa shape index (κ1) is 19.7. The Kier molecular flexibility index (Phi) is 6.16. The van der Waals surface area contributed by atoms with E-state index in [0.717, 1.165) is 0 Å².